The number of piperidine rings is 1. The maximum atomic E-state index is 15.6. The van der Waals surface area contributed by atoms with Crippen LogP contribution in [0.4, 0.5) is 18.0 Å². The van der Waals surface area contributed by atoms with E-state index < -0.39 is 41.3 Å². The number of likely N-dealkylation sites (tertiary alicyclic amines) is 1. The Labute approximate surface area is 265 Å². The fourth-order valence-electron chi connectivity index (χ4n) is 6.62. The average molecular weight is 639 g/mol. The molecule has 0 spiro atoms. The number of aromatic nitrogens is 2. The van der Waals surface area contributed by atoms with Crippen LogP contribution in [0.25, 0.3) is 11.1 Å². The van der Waals surface area contributed by atoms with Gasteiger partial charge in [-0.05, 0) is 81.3 Å². The first-order valence-corrected chi connectivity index (χ1v) is 15.6. The summed E-state index contributed by atoms with van der Waals surface area (Å²) >= 11 is 0. The lowest BCUT2D eigenvalue weighted by Crippen LogP contribution is -2.41. The molecule has 0 aliphatic carbocycles. The first-order chi connectivity index (χ1) is 21.8. The van der Waals surface area contributed by atoms with Gasteiger partial charge in [0.2, 0.25) is 0 Å². The van der Waals surface area contributed by atoms with E-state index in [2.05, 4.69) is 4.98 Å². The van der Waals surface area contributed by atoms with E-state index in [0.29, 0.717) is 48.3 Å². The highest BCUT2D eigenvalue weighted by atomic mass is 19.1. The predicted molar refractivity (Wildman–Crippen MR) is 162 cm³/mol. The SMILES string of the molecule is CCOC(=O)C(c1ncn2c1C[C@@H](F)C2)N1Cc2c(F)cc(-c3ccc(C4CCN(C(=O)OC(C)(C)C)CC4)c(F)c3)cc2C1=O. The molecular weight excluding hydrogens is 601 g/mol. The maximum absolute atomic E-state index is 15.6. The minimum Gasteiger partial charge on any atom is -0.464 e. The van der Waals surface area contributed by atoms with Crippen molar-refractivity contribution in [2.45, 2.75) is 83.8 Å². The number of carbonyl (C=O) groups is 3. The highest BCUT2D eigenvalue weighted by molar-refractivity contribution is 6.02. The molecule has 9 nitrogen and oxygen atoms in total. The molecule has 0 N–H and O–H groups in total. The molecule has 3 aliphatic rings. The van der Waals surface area contributed by atoms with Crippen LogP contribution in [0.15, 0.2) is 36.7 Å². The smallest absolute Gasteiger partial charge is 0.410 e. The fraction of sp³-hybridized carbons (Fsp3) is 0.471. The van der Waals surface area contributed by atoms with E-state index in [4.69, 9.17) is 9.47 Å². The van der Waals surface area contributed by atoms with Gasteiger partial charge in [0.25, 0.3) is 5.91 Å². The van der Waals surface area contributed by atoms with Gasteiger partial charge in [-0.15, -0.1) is 0 Å². The van der Waals surface area contributed by atoms with Crippen LogP contribution in [-0.2, 0) is 33.8 Å². The summed E-state index contributed by atoms with van der Waals surface area (Å²) in [5, 5.41) is 0. The lowest BCUT2D eigenvalue weighted by Gasteiger charge is -2.33. The Balaban J connectivity index is 1.22. The molecule has 2 atom stereocenters. The Morgan fingerprint density at radius 2 is 1.78 bits per heavy atom. The van der Waals surface area contributed by atoms with Crippen LogP contribution in [0.5, 0.6) is 0 Å². The molecule has 1 aromatic heterocycles. The molecule has 12 heteroatoms. The summed E-state index contributed by atoms with van der Waals surface area (Å²) in [5.74, 6) is -2.55. The predicted octanol–water partition coefficient (Wildman–Crippen LogP) is 6.10. The Kier molecular flexibility index (Phi) is 8.32. The van der Waals surface area contributed by atoms with Crippen molar-refractivity contribution in [1.82, 2.24) is 19.4 Å². The molecule has 3 aliphatic heterocycles. The Morgan fingerprint density at radius 3 is 2.46 bits per heavy atom. The number of esters is 1. The summed E-state index contributed by atoms with van der Waals surface area (Å²) in [5.41, 5.74) is 1.50. The van der Waals surface area contributed by atoms with E-state index in [1.807, 2.05) is 20.8 Å². The van der Waals surface area contributed by atoms with Crippen LogP contribution in [0, 0.1) is 11.6 Å². The Hall–Kier alpha value is -4.35. The number of fused-ring (bicyclic) bond motifs is 2. The van der Waals surface area contributed by atoms with Gasteiger partial charge in [-0.1, -0.05) is 12.1 Å². The monoisotopic (exact) mass is 638 g/mol. The van der Waals surface area contributed by atoms with Crippen LogP contribution in [0.3, 0.4) is 0 Å². The summed E-state index contributed by atoms with van der Waals surface area (Å²) in [7, 11) is 0. The zero-order chi connectivity index (χ0) is 32.9. The number of halogens is 3. The third-order valence-electron chi connectivity index (χ3n) is 8.80. The second-order valence-electron chi connectivity index (χ2n) is 13.1. The van der Waals surface area contributed by atoms with Crippen LogP contribution in [-0.4, -0.2) is 68.8 Å². The number of amides is 2. The quantitative estimate of drug-likeness (QED) is 0.303. The van der Waals surface area contributed by atoms with Crippen molar-refractivity contribution in [3.05, 3.63) is 76.4 Å². The molecule has 0 bridgehead atoms. The first kappa shape index (κ1) is 31.6. The molecule has 46 heavy (non-hydrogen) atoms. The third kappa shape index (κ3) is 5.96. The van der Waals surface area contributed by atoms with Crippen LogP contribution < -0.4 is 0 Å². The second-order valence-corrected chi connectivity index (χ2v) is 13.1. The van der Waals surface area contributed by atoms with Gasteiger partial charge in [0.1, 0.15) is 23.4 Å². The number of hydrogen-bond donors (Lipinski definition) is 0. The van der Waals surface area contributed by atoms with E-state index in [1.54, 1.807) is 28.5 Å². The number of imidazole rings is 1. The maximum Gasteiger partial charge on any atom is 0.410 e. The molecule has 6 rings (SSSR count). The Bertz CT molecular complexity index is 1690. The molecule has 244 valence electrons. The fourth-order valence-corrected chi connectivity index (χ4v) is 6.62. The highest BCUT2D eigenvalue weighted by Crippen LogP contribution is 2.39. The molecule has 0 saturated carbocycles. The first-order valence-electron chi connectivity index (χ1n) is 15.6. The van der Waals surface area contributed by atoms with E-state index in [0.717, 1.165) is 0 Å². The van der Waals surface area contributed by atoms with Crippen molar-refractivity contribution in [3.63, 3.8) is 0 Å². The van der Waals surface area contributed by atoms with Crippen LogP contribution >= 0.6 is 0 Å². The Morgan fingerprint density at radius 1 is 1.07 bits per heavy atom. The summed E-state index contributed by atoms with van der Waals surface area (Å²) in [6, 6.07) is 6.18. The summed E-state index contributed by atoms with van der Waals surface area (Å²) in [6.45, 7) is 7.89. The van der Waals surface area contributed by atoms with Crippen molar-refractivity contribution >= 4 is 18.0 Å². The number of carbonyl (C=O) groups excluding carboxylic acids is 3. The molecule has 0 radical (unpaired) electrons. The summed E-state index contributed by atoms with van der Waals surface area (Å²) < 4.78 is 57.6. The van der Waals surface area contributed by atoms with Crippen molar-refractivity contribution in [2.24, 2.45) is 0 Å². The van der Waals surface area contributed by atoms with Gasteiger partial charge in [0.15, 0.2) is 6.04 Å². The number of nitrogens with zero attached hydrogens (tertiary/aromatic N) is 4. The molecule has 2 aromatic carbocycles. The van der Waals surface area contributed by atoms with Crippen molar-refractivity contribution < 1.29 is 37.0 Å². The summed E-state index contributed by atoms with van der Waals surface area (Å²) in [6.07, 6.45) is 1.10. The highest BCUT2D eigenvalue weighted by Gasteiger charge is 2.43. The molecular formula is C34H37F3N4O5. The lowest BCUT2D eigenvalue weighted by molar-refractivity contribution is -0.149. The van der Waals surface area contributed by atoms with E-state index in [-0.39, 0.29) is 54.9 Å². The molecule has 1 fully saturated rings. The largest absolute Gasteiger partial charge is 0.464 e. The average Bonchev–Trinajstić information content (AvgIpc) is 3.66. The van der Waals surface area contributed by atoms with Gasteiger partial charge < -0.3 is 23.8 Å². The van der Waals surface area contributed by atoms with E-state index in [9.17, 15) is 18.8 Å². The minimum atomic E-state index is -1.28. The zero-order valence-corrected chi connectivity index (χ0v) is 26.3. The molecule has 2 amide bonds. The third-order valence-corrected chi connectivity index (χ3v) is 8.80. The summed E-state index contributed by atoms with van der Waals surface area (Å²) in [4.78, 5) is 46.5. The number of alkyl halides is 1. The van der Waals surface area contributed by atoms with Gasteiger partial charge in [0, 0.05) is 36.3 Å². The molecule has 1 saturated heterocycles. The molecule has 4 heterocycles. The normalized spacial score (nSPS) is 18.8. The zero-order valence-electron chi connectivity index (χ0n) is 26.3. The van der Waals surface area contributed by atoms with Gasteiger partial charge >= 0.3 is 12.1 Å². The number of ether oxygens (including phenoxy) is 2. The van der Waals surface area contributed by atoms with Crippen molar-refractivity contribution in [1.29, 1.82) is 0 Å². The minimum absolute atomic E-state index is 0.0448. The number of benzene rings is 2. The van der Waals surface area contributed by atoms with E-state index >= 15 is 8.78 Å². The topological polar surface area (TPSA) is 94.0 Å². The van der Waals surface area contributed by atoms with Gasteiger partial charge in [-0.3, -0.25) is 4.79 Å². The van der Waals surface area contributed by atoms with Gasteiger partial charge in [0.05, 0.1) is 31.7 Å². The lowest BCUT2D eigenvalue weighted by atomic mass is 9.88. The number of hydrogen-bond acceptors (Lipinski definition) is 6. The van der Waals surface area contributed by atoms with Crippen LogP contribution in [0.2, 0.25) is 0 Å². The second kappa shape index (κ2) is 12.1. The van der Waals surface area contributed by atoms with Crippen LogP contribution in [0.1, 0.15) is 85.4 Å². The van der Waals surface area contributed by atoms with E-state index in [1.165, 1.54) is 29.4 Å². The van der Waals surface area contributed by atoms with Crippen molar-refractivity contribution in [2.75, 3.05) is 19.7 Å². The molecule has 3 aromatic rings. The van der Waals surface area contributed by atoms with Gasteiger partial charge in [-0.25, -0.2) is 27.7 Å². The standard InChI is InChI=1S/C34H37F3N4O5/c1-5-45-32(43)30(29-28-15-22(35)16-40(28)18-38-29)41-17-25-24(31(41)42)12-21(14-27(25)37)20-6-7-23(26(36)13-20)19-8-10-39(11-9-19)33(44)46-34(2,3)4/h6-7,12-14,18-19,22,30H,5,8-11,15-17H2,1-4H3/t22-,30?/m1/s1. The number of rotatable bonds is 6. The van der Waals surface area contributed by atoms with Crippen molar-refractivity contribution in [3.8, 4) is 11.1 Å². The van der Waals surface area contributed by atoms with Gasteiger partial charge in [-0.2, -0.15) is 0 Å². The molecule has 1 unspecified atom stereocenters.